The number of hydrogen-bond donors (Lipinski definition) is 2. The minimum atomic E-state index is -0.664. The van der Waals surface area contributed by atoms with Gasteiger partial charge in [0, 0.05) is 40.5 Å². The van der Waals surface area contributed by atoms with Crippen molar-refractivity contribution in [2.45, 2.75) is 25.0 Å². The van der Waals surface area contributed by atoms with Crippen molar-refractivity contribution >= 4 is 10.8 Å². The smallest absolute Gasteiger partial charge is 0.124 e. The summed E-state index contributed by atoms with van der Waals surface area (Å²) in [7, 11) is 2.52. The molecule has 6 heteroatoms. The summed E-state index contributed by atoms with van der Waals surface area (Å²) in [6.07, 6.45) is 1.13. The largest absolute Gasteiger partial charge is 0.497 e. The summed E-state index contributed by atoms with van der Waals surface area (Å²) in [5, 5.41) is 13.7. The molecule has 0 aliphatic carbocycles. The minimum absolute atomic E-state index is 0.328. The second kappa shape index (κ2) is 7.77. The van der Waals surface area contributed by atoms with Crippen molar-refractivity contribution in [3.8, 4) is 11.5 Å². The van der Waals surface area contributed by atoms with Crippen molar-refractivity contribution in [3.63, 3.8) is 0 Å². The molecule has 0 radical (unpaired) electrons. The maximum atomic E-state index is 11.3. The van der Waals surface area contributed by atoms with E-state index in [0.717, 1.165) is 24.3 Å². The highest BCUT2D eigenvalue weighted by Crippen LogP contribution is 2.29. The number of aliphatic hydroxyl groups excluding tert-OH is 1. The van der Waals surface area contributed by atoms with Crippen LogP contribution in [-0.4, -0.2) is 47.6 Å². The molecule has 0 amide bonds. The summed E-state index contributed by atoms with van der Waals surface area (Å²) in [6.45, 7) is 0.445. The van der Waals surface area contributed by atoms with Crippen molar-refractivity contribution in [1.82, 2.24) is 5.32 Å². The third kappa shape index (κ3) is 4.43. The topological polar surface area (TPSA) is 67.8 Å². The van der Waals surface area contributed by atoms with Crippen LogP contribution in [0, 0.1) is 0 Å². The van der Waals surface area contributed by atoms with Crippen LogP contribution in [0.15, 0.2) is 18.2 Å². The van der Waals surface area contributed by atoms with Crippen LogP contribution < -0.4 is 14.8 Å². The molecule has 0 aromatic heterocycles. The highest BCUT2D eigenvalue weighted by molar-refractivity contribution is 7.85. The molecule has 1 aromatic rings. The molecule has 0 bridgehead atoms. The lowest BCUT2D eigenvalue weighted by Gasteiger charge is -2.24. The molecule has 2 N–H and O–H groups in total. The minimum Gasteiger partial charge on any atom is -0.497 e. The monoisotopic (exact) mass is 313 g/mol. The van der Waals surface area contributed by atoms with Gasteiger partial charge in [0.05, 0.1) is 20.3 Å². The molecule has 1 saturated heterocycles. The molecule has 118 valence electrons. The summed E-state index contributed by atoms with van der Waals surface area (Å²) in [5.74, 6) is 2.83. The lowest BCUT2D eigenvalue weighted by molar-refractivity contribution is 0.164. The zero-order valence-electron chi connectivity index (χ0n) is 12.5. The fourth-order valence-corrected chi connectivity index (χ4v) is 3.78. The Bertz CT molecular complexity index is 485. The molecule has 2 rings (SSSR count). The van der Waals surface area contributed by atoms with Crippen molar-refractivity contribution in [2.24, 2.45) is 0 Å². The first kappa shape index (κ1) is 16.3. The third-order valence-electron chi connectivity index (χ3n) is 3.78. The van der Waals surface area contributed by atoms with Crippen LogP contribution >= 0.6 is 0 Å². The first-order valence-electron chi connectivity index (χ1n) is 7.12. The van der Waals surface area contributed by atoms with Gasteiger partial charge in [0.2, 0.25) is 0 Å². The molecule has 1 unspecified atom stereocenters. The fourth-order valence-electron chi connectivity index (χ4n) is 2.49. The summed E-state index contributed by atoms with van der Waals surface area (Å²) in [4.78, 5) is 0. The predicted molar refractivity (Wildman–Crippen MR) is 83.4 cm³/mol. The van der Waals surface area contributed by atoms with Crippen molar-refractivity contribution in [3.05, 3.63) is 23.8 Å². The Balaban J connectivity index is 1.96. The highest BCUT2D eigenvalue weighted by atomic mass is 32.2. The zero-order valence-corrected chi connectivity index (χ0v) is 13.3. The average molecular weight is 313 g/mol. The first-order valence-corrected chi connectivity index (χ1v) is 8.61. The Kier molecular flexibility index (Phi) is 6.02. The van der Waals surface area contributed by atoms with E-state index in [1.165, 1.54) is 0 Å². The van der Waals surface area contributed by atoms with Gasteiger partial charge in [-0.3, -0.25) is 4.21 Å². The Morgan fingerprint density at radius 1 is 1.33 bits per heavy atom. The van der Waals surface area contributed by atoms with Crippen LogP contribution in [0.5, 0.6) is 11.5 Å². The summed E-state index contributed by atoms with van der Waals surface area (Å²) in [6, 6.07) is 5.72. The summed E-state index contributed by atoms with van der Waals surface area (Å²) in [5.41, 5.74) is 0.712. The van der Waals surface area contributed by atoms with Gasteiger partial charge in [-0.05, 0) is 31.0 Å². The second-order valence-electron chi connectivity index (χ2n) is 5.15. The Labute approximate surface area is 128 Å². The molecular formula is C15H23NO4S. The number of ether oxygens (including phenoxy) is 2. The van der Waals surface area contributed by atoms with Crippen molar-refractivity contribution < 1.29 is 18.8 Å². The number of rotatable bonds is 6. The quantitative estimate of drug-likeness (QED) is 0.827. The predicted octanol–water partition coefficient (Wildman–Crippen LogP) is 1.24. The maximum absolute atomic E-state index is 11.3. The number of hydrogen-bond acceptors (Lipinski definition) is 5. The van der Waals surface area contributed by atoms with E-state index >= 15 is 0 Å². The van der Waals surface area contributed by atoms with Gasteiger partial charge in [0.15, 0.2) is 0 Å². The van der Waals surface area contributed by atoms with Crippen LogP contribution in [0.25, 0.3) is 0 Å². The molecule has 1 aliphatic heterocycles. The normalized spacial score (nSPS) is 23.6. The Hall–Kier alpha value is -1.11. The fraction of sp³-hybridized carbons (Fsp3) is 0.600. The van der Waals surface area contributed by atoms with Crippen LogP contribution in [0.4, 0.5) is 0 Å². The van der Waals surface area contributed by atoms with E-state index in [1.54, 1.807) is 32.4 Å². The lowest BCUT2D eigenvalue weighted by atomic mass is 10.1. The Morgan fingerprint density at radius 2 is 2.05 bits per heavy atom. The van der Waals surface area contributed by atoms with Gasteiger partial charge in [0.25, 0.3) is 0 Å². The van der Waals surface area contributed by atoms with E-state index < -0.39 is 16.9 Å². The summed E-state index contributed by atoms with van der Waals surface area (Å²) >= 11 is 0. The number of nitrogens with one attached hydrogen (secondary N) is 1. The molecule has 1 aromatic carbocycles. The lowest BCUT2D eigenvalue weighted by Crippen LogP contribution is -2.38. The van der Waals surface area contributed by atoms with Crippen LogP contribution in [0.3, 0.4) is 0 Å². The van der Waals surface area contributed by atoms with E-state index in [2.05, 4.69) is 5.32 Å². The van der Waals surface area contributed by atoms with E-state index in [4.69, 9.17) is 9.47 Å². The molecule has 1 aliphatic rings. The molecule has 1 fully saturated rings. The van der Waals surface area contributed by atoms with Gasteiger partial charge < -0.3 is 19.9 Å². The van der Waals surface area contributed by atoms with E-state index in [-0.39, 0.29) is 0 Å². The van der Waals surface area contributed by atoms with Gasteiger partial charge in [-0.25, -0.2) is 0 Å². The van der Waals surface area contributed by atoms with Gasteiger partial charge in [-0.1, -0.05) is 0 Å². The van der Waals surface area contributed by atoms with E-state index in [0.29, 0.717) is 29.6 Å². The summed E-state index contributed by atoms with van der Waals surface area (Å²) < 4.78 is 21.8. The zero-order chi connectivity index (χ0) is 15.2. The molecule has 0 spiro atoms. The van der Waals surface area contributed by atoms with Crippen LogP contribution in [-0.2, 0) is 10.8 Å². The molecule has 1 atom stereocenters. The maximum Gasteiger partial charge on any atom is 0.124 e. The first-order chi connectivity index (χ1) is 10.1. The number of methoxy groups -OCH3 is 2. The van der Waals surface area contributed by atoms with E-state index in [9.17, 15) is 9.32 Å². The molecule has 1 heterocycles. The molecular weight excluding hydrogens is 290 g/mol. The molecule has 0 saturated carbocycles. The van der Waals surface area contributed by atoms with Gasteiger partial charge in [0.1, 0.15) is 11.5 Å². The number of benzene rings is 1. The third-order valence-corrected chi connectivity index (χ3v) is 5.17. The van der Waals surface area contributed by atoms with Crippen LogP contribution in [0.1, 0.15) is 24.5 Å². The molecule has 21 heavy (non-hydrogen) atoms. The Morgan fingerprint density at radius 3 is 2.67 bits per heavy atom. The molecule has 5 nitrogen and oxygen atoms in total. The number of aliphatic hydroxyl groups is 1. The average Bonchev–Trinajstić information content (AvgIpc) is 2.53. The van der Waals surface area contributed by atoms with Crippen LogP contribution in [0.2, 0.25) is 0 Å². The van der Waals surface area contributed by atoms with E-state index in [1.807, 2.05) is 0 Å². The standard InChI is InChI=1S/C15H23NO4S/c1-19-12-3-4-15(20-2)13(9-12)14(17)10-16-11-5-7-21(18)8-6-11/h3-4,9,11,14,16-17H,5-8,10H2,1-2H3. The van der Waals surface area contributed by atoms with Gasteiger partial charge >= 0.3 is 0 Å². The van der Waals surface area contributed by atoms with Gasteiger partial charge in [-0.2, -0.15) is 0 Å². The second-order valence-corrected chi connectivity index (χ2v) is 6.85. The van der Waals surface area contributed by atoms with Crippen molar-refractivity contribution in [2.75, 3.05) is 32.3 Å². The van der Waals surface area contributed by atoms with Gasteiger partial charge in [-0.15, -0.1) is 0 Å². The van der Waals surface area contributed by atoms with Crippen molar-refractivity contribution in [1.29, 1.82) is 0 Å². The highest BCUT2D eigenvalue weighted by Gasteiger charge is 2.20. The SMILES string of the molecule is COc1ccc(OC)c(C(O)CNC2CCS(=O)CC2)c1.